The van der Waals surface area contributed by atoms with E-state index >= 15 is 0 Å². The van der Waals surface area contributed by atoms with Crippen molar-refractivity contribution in [3.05, 3.63) is 56.0 Å². The van der Waals surface area contributed by atoms with Gasteiger partial charge in [0, 0.05) is 4.47 Å². The molecule has 0 atom stereocenters. The van der Waals surface area contributed by atoms with Crippen molar-refractivity contribution in [3.63, 3.8) is 0 Å². The first-order valence-corrected chi connectivity index (χ1v) is 6.72. The highest BCUT2D eigenvalue weighted by Crippen LogP contribution is 2.38. The van der Waals surface area contributed by atoms with Gasteiger partial charge in [-0.05, 0) is 30.7 Å². The van der Waals surface area contributed by atoms with Crippen molar-refractivity contribution in [2.75, 3.05) is 0 Å². The topological polar surface area (TPSA) is 9.23 Å². The average molecular weight is 368 g/mol. The van der Waals surface area contributed by atoms with Crippen LogP contribution < -0.4 is 4.74 Å². The fourth-order valence-corrected chi connectivity index (χ4v) is 2.18. The molecule has 6 heteroatoms. The van der Waals surface area contributed by atoms with Crippen LogP contribution in [-0.4, -0.2) is 0 Å². The van der Waals surface area contributed by atoms with Crippen LogP contribution >= 0.6 is 39.1 Å². The zero-order valence-electron chi connectivity index (χ0n) is 9.61. The van der Waals surface area contributed by atoms with Crippen molar-refractivity contribution in [2.45, 2.75) is 6.92 Å². The number of hydrogen-bond acceptors (Lipinski definition) is 1. The van der Waals surface area contributed by atoms with E-state index in [0.717, 1.165) is 0 Å². The first-order valence-electron chi connectivity index (χ1n) is 5.17. The van der Waals surface area contributed by atoms with Crippen LogP contribution in [0.1, 0.15) is 5.56 Å². The van der Waals surface area contributed by atoms with Crippen LogP contribution in [-0.2, 0) is 0 Å². The van der Waals surface area contributed by atoms with E-state index in [1.54, 1.807) is 6.92 Å². The average Bonchev–Trinajstić information content (AvgIpc) is 2.35. The molecule has 2 aromatic rings. The van der Waals surface area contributed by atoms with Crippen LogP contribution in [0.25, 0.3) is 0 Å². The van der Waals surface area contributed by atoms with Gasteiger partial charge in [-0.2, -0.15) is 0 Å². The normalized spacial score (nSPS) is 10.6. The summed E-state index contributed by atoms with van der Waals surface area (Å²) in [5.74, 6) is -1.47. The van der Waals surface area contributed by atoms with Gasteiger partial charge in [0.05, 0.1) is 5.02 Å². The van der Waals surface area contributed by atoms with Crippen LogP contribution in [0.4, 0.5) is 8.78 Å². The molecule has 19 heavy (non-hydrogen) atoms. The molecule has 0 aliphatic heterocycles. The van der Waals surface area contributed by atoms with Crippen LogP contribution in [0.5, 0.6) is 11.5 Å². The lowest BCUT2D eigenvalue weighted by molar-refractivity contribution is 0.437. The molecule has 0 radical (unpaired) electrons. The van der Waals surface area contributed by atoms with Crippen LogP contribution in [0.15, 0.2) is 28.7 Å². The van der Waals surface area contributed by atoms with E-state index < -0.39 is 11.6 Å². The van der Waals surface area contributed by atoms with E-state index in [9.17, 15) is 8.78 Å². The second-order valence-corrected chi connectivity index (χ2v) is 5.51. The molecular weight excluding hydrogens is 361 g/mol. The van der Waals surface area contributed by atoms with Gasteiger partial charge in [0.2, 0.25) is 0 Å². The number of ether oxygens (including phenoxy) is 1. The van der Waals surface area contributed by atoms with Crippen molar-refractivity contribution in [3.8, 4) is 11.5 Å². The Morgan fingerprint density at radius 1 is 1.16 bits per heavy atom. The third kappa shape index (κ3) is 3.02. The fraction of sp³-hybridized carbons (Fsp3) is 0.0769. The van der Waals surface area contributed by atoms with E-state index in [4.69, 9.17) is 27.9 Å². The lowest BCUT2D eigenvalue weighted by atomic mass is 10.2. The van der Waals surface area contributed by atoms with E-state index in [1.807, 2.05) is 0 Å². The van der Waals surface area contributed by atoms with Gasteiger partial charge in [0.25, 0.3) is 0 Å². The Kier molecular flexibility index (Phi) is 4.33. The molecule has 2 aromatic carbocycles. The Balaban J connectivity index is 2.51. The molecule has 0 aromatic heterocycles. The van der Waals surface area contributed by atoms with Crippen molar-refractivity contribution in [1.29, 1.82) is 0 Å². The van der Waals surface area contributed by atoms with Gasteiger partial charge >= 0.3 is 0 Å². The summed E-state index contributed by atoms with van der Waals surface area (Å²) < 4.78 is 33.1. The molecule has 0 N–H and O–H groups in total. The maximum atomic E-state index is 13.9. The number of hydrogen-bond donors (Lipinski definition) is 0. The standard InChI is InChI=1S/C13H7BrCl2F2O/c1-6-2-3-8(15)13(12(6)18)19-10-5-7(14)4-9(17)11(10)16/h2-5H,1H3. The quantitative estimate of drug-likeness (QED) is 0.579. The summed E-state index contributed by atoms with van der Waals surface area (Å²) in [6, 6.07) is 5.64. The largest absolute Gasteiger partial charge is 0.451 e. The highest BCUT2D eigenvalue weighted by atomic mass is 79.9. The minimum absolute atomic E-state index is 0.0139. The second kappa shape index (κ2) is 5.65. The molecule has 0 saturated carbocycles. The van der Waals surface area contributed by atoms with E-state index in [1.165, 1.54) is 24.3 Å². The Morgan fingerprint density at radius 2 is 1.84 bits per heavy atom. The molecule has 0 bridgehead atoms. The smallest absolute Gasteiger partial charge is 0.181 e. The van der Waals surface area contributed by atoms with Gasteiger partial charge in [-0.15, -0.1) is 0 Å². The molecule has 1 nitrogen and oxygen atoms in total. The lowest BCUT2D eigenvalue weighted by Gasteiger charge is -2.12. The maximum Gasteiger partial charge on any atom is 0.181 e. The Bertz CT molecular complexity index is 647. The summed E-state index contributed by atoms with van der Waals surface area (Å²) >= 11 is 14.7. The van der Waals surface area contributed by atoms with Crippen LogP contribution in [0.3, 0.4) is 0 Å². The zero-order chi connectivity index (χ0) is 14.2. The number of aryl methyl sites for hydroxylation is 1. The maximum absolute atomic E-state index is 13.9. The molecule has 0 aliphatic carbocycles. The first-order chi connectivity index (χ1) is 8.90. The predicted molar refractivity (Wildman–Crippen MR) is 75.3 cm³/mol. The molecule has 0 aliphatic rings. The van der Waals surface area contributed by atoms with Crippen molar-refractivity contribution >= 4 is 39.1 Å². The fourth-order valence-electron chi connectivity index (χ4n) is 1.44. The molecule has 2 rings (SSSR count). The monoisotopic (exact) mass is 366 g/mol. The zero-order valence-corrected chi connectivity index (χ0v) is 12.7. The SMILES string of the molecule is Cc1ccc(Cl)c(Oc2cc(Br)cc(F)c2Cl)c1F. The third-order valence-electron chi connectivity index (χ3n) is 2.41. The van der Waals surface area contributed by atoms with Crippen molar-refractivity contribution in [2.24, 2.45) is 0 Å². The highest BCUT2D eigenvalue weighted by molar-refractivity contribution is 9.10. The van der Waals surface area contributed by atoms with Gasteiger partial charge in [-0.1, -0.05) is 45.2 Å². The van der Waals surface area contributed by atoms with E-state index in [-0.39, 0.29) is 21.5 Å². The molecule has 0 heterocycles. The summed E-state index contributed by atoms with van der Waals surface area (Å²) in [6.45, 7) is 1.57. The highest BCUT2D eigenvalue weighted by Gasteiger charge is 2.16. The van der Waals surface area contributed by atoms with Gasteiger partial charge in [0.15, 0.2) is 11.6 Å². The first kappa shape index (κ1) is 14.6. The molecule has 0 fully saturated rings. The molecule has 100 valence electrons. The number of rotatable bonds is 2. The minimum Gasteiger partial charge on any atom is -0.451 e. The lowest BCUT2D eigenvalue weighted by Crippen LogP contribution is -1.94. The minimum atomic E-state index is -0.671. The van der Waals surface area contributed by atoms with Gasteiger partial charge in [-0.25, -0.2) is 8.78 Å². The number of halogens is 5. The summed E-state index contributed by atoms with van der Waals surface area (Å²) in [4.78, 5) is 0. The van der Waals surface area contributed by atoms with E-state index in [2.05, 4.69) is 15.9 Å². The van der Waals surface area contributed by atoms with Crippen molar-refractivity contribution in [1.82, 2.24) is 0 Å². The predicted octanol–water partition coefficient (Wildman–Crippen LogP) is 6.13. The Morgan fingerprint density at radius 3 is 2.53 bits per heavy atom. The van der Waals surface area contributed by atoms with Crippen LogP contribution in [0, 0.1) is 18.6 Å². The molecule has 0 amide bonds. The van der Waals surface area contributed by atoms with Crippen LogP contribution in [0.2, 0.25) is 10.0 Å². The Labute approximate surface area is 127 Å². The summed E-state index contributed by atoms with van der Waals surface area (Å²) in [5, 5.41) is -0.153. The van der Waals surface area contributed by atoms with E-state index in [0.29, 0.717) is 10.0 Å². The molecular formula is C13H7BrCl2F2O. The molecule has 0 unspecified atom stereocenters. The second-order valence-electron chi connectivity index (χ2n) is 3.81. The van der Waals surface area contributed by atoms with Crippen molar-refractivity contribution < 1.29 is 13.5 Å². The molecule has 0 spiro atoms. The molecule has 0 saturated heterocycles. The third-order valence-corrected chi connectivity index (χ3v) is 3.54. The Hall–Kier alpha value is -0.840. The summed E-state index contributed by atoms with van der Waals surface area (Å²) in [5.41, 5.74) is 0.367. The summed E-state index contributed by atoms with van der Waals surface area (Å²) in [6.07, 6.45) is 0. The summed E-state index contributed by atoms with van der Waals surface area (Å²) in [7, 11) is 0. The van der Waals surface area contributed by atoms with Gasteiger partial charge in [-0.3, -0.25) is 0 Å². The van der Waals surface area contributed by atoms with Gasteiger partial charge in [0.1, 0.15) is 16.6 Å². The number of benzene rings is 2. The van der Waals surface area contributed by atoms with Gasteiger partial charge < -0.3 is 4.74 Å².